The van der Waals surface area contributed by atoms with E-state index in [2.05, 4.69) is 68.0 Å². The molecule has 5 atom stereocenters. The molecular formula is C31H46N2O2. The number of hydrogen-bond donors (Lipinski definition) is 2. The van der Waals surface area contributed by atoms with Crippen molar-refractivity contribution < 1.29 is 9.84 Å². The number of nitrogens with one attached hydrogen (secondary N) is 1. The number of methoxy groups -OCH3 is 1. The third-order valence-electron chi connectivity index (χ3n) is 8.71. The van der Waals surface area contributed by atoms with Gasteiger partial charge in [0, 0.05) is 38.6 Å². The van der Waals surface area contributed by atoms with Crippen LogP contribution >= 0.6 is 0 Å². The molecule has 2 aliphatic carbocycles. The molecule has 0 bridgehead atoms. The first-order valence-electron chi connectivity index (χ1n) is 13.3. The summed E-state index contributed by atoms with van der Waals surface area (Å²) in [5, 5.41) is 13.6. The predicted molar refractivity (Wildman–Crippen MR) is 149 cm³/mol. The van der Waals surface area contributed by atoms with Gasteiger partial charge < -0.3 is 15.2 Å². The third-order valence-corrected chi connectivity index (χ3v) is 8.71. The summed E-state index contributed by atoms with van der Waals surface area (Å²) in [4.78, 5) is 4.15. The molecule has 0 amide bonds. The zero-order valence-electron chi connectivity index (χ0n) is 22.5. The second-order valence-electron chi connectivity index (χ2n) is 10.8. The summed E-state index contributed by atoms with van der Waals surface area (Å²) in [7, 11) is 3.53. The maximum Gasteiger partial charge on any atom is 0.0871 e. The smallest absolute Gasteiger partial charge is 0.0871 e. The monoisotopic (exact) mass is 478 g/mol. The number of allylic oxidation sites excluding steroid dienone is 3. The van der Waals surface area contributed by atoms with Gasteiger partial charge in [0.2, 0.25) is 0 Å². The lowest BCUT2D eigenvalue weighted by molar-refractivity contribution is 0.108. The van der Waals surface area contributed by atoms with Crippen LogP contribution in [0.1, 0.15) is 63.5 Å². The van der Waals surface area contributed by atoms with E-state index in [0.29, 0.717) is 36.7 Å². The molecule has 1 fully saturated rings. The minimum absolute atomic E-state index is 0.0505. The molecule has 4 heteroatoms. The number of hydrogen-bond acceptors (Lipinski definition) is 3. The van der Waals surface area contributed by atoms with Crippen LogP contribution in [0.25, 0.3) is 5.57 Å². The molecule has 0 spiro atoms. The third kappa shape index (κ3) is 5.74. The molecule has 192 valence electrons. The molecular weight excluding hydrogens is 432 g/mol. The topological polar surface area (TPSA) is 53.8 Å². The second kappa shape index (κ2) is 12.1. The van der Waals surface area contributed by atoms with Gasteiger partial charge in [-0.2, -0.15) is 0 Å². The van der Waals surface area contributed by atoms with E-state index in [1.165, 1.54) is 42.4 Å². The van der Waals surface area contributed by atoms with Crippen LogP contribution in [0.2, 0.25) is 0 Å². The van der Waals surface area contributed by atoms with Crippen LogP contribution in [0.15, 0.2) is 59.8 Å². The zero-order chi connectivity index (χ0) is 25.6. The lowest BCUT2D eigenvalue weighted by Crippen LogP contribution is -2.46. The Kier molecular flexibility index (Phi) is 9.40. The number of rotatable bonds is 13. The van der Waals surface area contributed by atoms with Gasteiger partial charge in [-0.25, -0.2) is 0 Å². The number of aryl methyl sites for hydroxylation is 1. The largest absolute Gasteiger partial charge is 0.513 e. The van der Waals surface area contributed by atoms with Crippen molar-refractivity contribution in [3.63, 3.8) is 0 Å². The summed E-state index contributed by atoms with van der Waals surface area (Å²) in [6.45, 7) is 16.2. The molecule has 2 aliphatic rings. The quantitative estimate of drug-likeness (QED) is 0.137. The highest BCUT2D eigenvalue weighted by molar-refractivity contribution is 5.74. The van der Waals surface area contributed by atoms with E-state index in [9.17, 15) is 5.11 Å². The second-order valence-corrected chi connectivity index (χ2v) is 10.8. The molecule has 1 saturated carbocycles. The van der Waals surface area contributed by atoms with Crippen molar-refractivity contribution in [1.82, 2.24) is 5.32 Å². The van der Waals surface area contributed by atoms with E-state index in [1.807, 2.05) is 0 Å². The van der Waals surface area contributed by atoms with Crippen LogP contribution < -0.4 is 5.32 Å². The Labute approximate surface area is 213 Å². The van der Waals surface area contributed by atoms with Gasteiger partial charge in [0.1, 0.15) is 0 Å². The van der Waals surface area contributed by atoms with Crippen LogP contribution in [0.3, 0.4) is 0 Å². The number of benzene rings is 1. The highest BCUT2D eigenvalue weighted by Gasteiger charge is 2.50. The molecule has 35 heavy (non-hydrogen) atoms. The van der Waals surface area contributed by atoms with Crippen LogP contribution in [-0.2, 0) is 4.74 Å². The normalized spacial score (nSPS) is 23.9. The van der Waals surface area contributed by atoms with Crippen molar-refractivity contribution in [3.05, 3.63) is 66.0 Å². The molecule has 2 unspecified atom stereocenters. The van der Waals surface area contributed by atoms with Crippen LogP contribution in [0.5, 0.6) is 0 Å². The van der Waals surface area contributed by atoms with Crippen molar-refractivity contribution >= 4 is 11.9 Å². The van der Waals surface area contributed by atoms with E-state index in [0.717, 1.165) is 6.42 Å². The Morgan fingerprint density at radius 2 is 1.97 bits per heavy atom. The zero-order valence-corrected chi connectivity index (χ0v) is 22.5. The summed E-state index contributed by atoms with van der Waals surface area (Å²) in [5.41, 5.74) is 5.57. The molecule has 0 saturated heterocycles. The molecule has 3 rings (SSSR count). The highest BCUT2D eigenvalue weighted by atomic mass is 16.5. The van der Waals surface area contributed by atoms with Gasteiger partial charge in [0.05, 0.1) is 12.1 Å². The maximum absolute atomic E-state index is 10.1. The van der Waals surface area contributed by atoms with Gasteiger partial charge in [-0.3, -0.25) is 4.99 Å². The van der Waals surface area contributed by atoms with Gasteiger partial charge in [-0.05, 0) is 66.6 Å². The minimum Gasteiger partial charge on any atom is -0.513 e. The molecule has 1 aromatic rings. The number of aliphatic hydroxyl groups is 1. The molecule has 0 heterocycles. The van der Waals surface area contributed by atoms with Gasteiger partial charge >= 0.3 is 0 Å². The van der Waals surface area contributed by atoms with Crippen LogP contribution in [0, 0.1) is 36.0 Å². The molecule has 1 aromatic carbocycles. The van der Waals surface area contributed by atoms with Crippen molar-refractivity contribution in [2.24, 2.45) is 34.1 Å². The maximum atomic E-state index is 10.1. The molecule has 2 N–H and O–H groups in total. The summed E-state index contributed by atoms with van der Waals surface area (Å²) >= 11 is 0. The van der Waals surface area contributed by atoms with E-state index in [4.69, 9.17) is 11.3 Å². The predicted octanol–water partition coefficient (Wildman–Crippen LogP) is 7.13. The van der Waals surface area contributed by atoms with E-state index >= 15 is 0 Å². The highest BCUT2D eigenvalue weighted by Crippen LogP contribution is 2.61. The van der Waals surface area contributed by atoms with E-state index in [1.54, 1.807) is 26.1 Å². The Morgan fingerprint density at radius 3 is 2.54 bits per heavy atom. The van der Waals surface area contributed by atoms with Gasteiger partial charge in [-0.1, -0.05) is 75.8 Å². The average molecular weight is 479 g/mol. The molecule has 0 aliphatic heterocycles. The van der Waals surface area contributed by atoms with Gasteiger partial charge in [0.25, 0.3) is 0 Å². The van der Waals surface area contributed by atoms with Crippen molar-refractivity contribution in [2.75, 3.05) is 20.8 Å². The summed E-state index contributed by atoms with van der Waals surface area (Å²) in [5.74, 6) is 1.91. The van der Waals surface area contributed by atoms with Crippen molar-refractivity contribution in [2.45, 2.75) is 65.3 Å². The first kappa shape index (κ1) is 27.3. The lowest BCUT2D eigenvalue weighted by Gasteiger charge is -2.51. The standard InChI is InChI=1S/C31H46N2O2/c1-21-12-8-9-13-26(21)25(5)31(15-10-11-16-31)28-18-22(2)30(28)24(4)27(14-17-35-7)29(19-23(3)34)33-20-32-6/h8-9,12-13,18,20,22,24,27,29-30,34H,3,5,10-11,14-17,19H2,1-2,4,6-7H3,(H,32,33)/t22?,24-,27-,29?,30+/m1/s1. The summed E-state index contributed by atoms with van der Waals surface area (Å²) in [6, 6.07) is 8.76. The first-order valence-corrected chi connectivity index (χ1v) is 13.3. The Hall–Kier alpha value is -2.33. The Bertz CT molecular complexity index is 941. The average Bonchev–Trinajstić information content (AvgIpc) is 3.31. The first-order chi connectivity index (χ1) is 16.8. The van der Waals surface area contributed by atoms with Gasteiger partial charge in [0.15, 0.2) is 0 Å². The Balaban J connectivity index is 1.95. The molecule has 0 aromatic heterocycles. The number of aliphatic hydroxyl groups excluding tert-OH is 1. The van der Waals surface area contributed by atoms with Crippen molar-refractivity contribution in [1.29, 1.82) is 0 Å². The SMILES string of the molecule is C=C(O)CC(NC=NC)[C@H](CCOC)[C@@H](C)[C@H]1C(C2(C(=C)c3ccccc3C)CCCC2)=CC1C. The lowest BCUT2D eigenvalue weighted by atomic mass is 9.54. The number of ether oxygens (including phenoxy) is 1. The molecule has 0 radical (unpaired) electrons. The Morgan fingerprint density at radius 1 is 1.29 bits per heavy atom. The summed E-state index contributed by atoms with van der Waals surface area (Å²) in [6.07, 6.45) is 10.6. The van der Waals surface area contributed by atoms with E-state index in [-0.39, 0.29) is 17.2 Å². The fraction of sp³-hybridized carbons (Fsp3) is 0.581. The fourth-order valence-electron chi connectivity index (χ4n) is 6.92. The van der Waals surface area contributed by atoms with Crippen LogP contribution in [0.4, 0.5) is 0 Å². The number of aliphatic imine (C=N–C) groups is 1. The molecule has 4 nitrogen and oxygen atoms in total. The van der Waals surface area contributed by atoms with Crippen molar-refractivity contribution in [3.8, 4) is 0 Å². The fourth-order valence-corrected chi connectivity index (χ4v) is 6.92. The minimum atomic E-state index is 0.0505. The van der Waals surface area contributed by atoms with Gasteiger partial charge in [-0.15, -0.1) is 0 Å². The van der Waals surface area contributed by atoms with E-state index < -0.39 is 0 Å². The number of nitrogens with zero attached hydrogens (tertiary/aromatic N) is 1. The van der Waals surface area contributed by atoms with Crippen LogP contribution in [-0.4, -0.2) is 38.3 Å². The summed E-state index contributed by atoms with van der Waals surface area (Å²) < 4.78 is 5.52.